The molecule has 0 unspecified atom stereocenters. The van der Waals surface area contributed by atoms with Crippen LogP contribution in [0, 0.1) is 32.1 Å². The van der Waals surface area contributed by atoms with Crippen molar-refractivity contribution in [3.8, 4) is 28.5 Å². The standard InChI is InChI=1S/C21H19N3/c1-13-5-4-6-16(9-13)18-11-20(24-21(23)19(18)12-22)17-10-14(2)7-8-15(17)3/h4-11H,1-3H3,(H2,23,24). The van der Waals surface area contributed by atoms with Gasteiger partial charge in [0.15, 0.2) is 0 Å². The maximum Gasteiger partial charge on any atom is 0.142 e. The van der Waals surface area contributed by atoms with E-state index in [2.05, 4.69) is 49.2 Å². The Morgan fingerprint density at radius 3 is 2.38 bits per heavy atom. The van der Waals surface area contributed by atoms with Crippen molar-refractivity contribution >= 4 is 5.82 Å². The highest BCUT2D eigenvalue weighted by atomic mass is 14.8. The lowest BCUT2D eigenvalue weighted by Gasteiger charge is -2.12. The Labute approximate surface area is 142 Å². The minimum atomic E-state index is 0.271. The van der Waals surface area contributed by atoms with Gasteiger partial charge in [0.2, 0.25) is 0 Å². The second-order valence-electron chi connectivity index (χ2n) is 6.11. The summed E-state index contributed by atoms with van der Waals surface area (Å²) in [7, 11) is 0. The predicted octanol–water partition coefficient (Wildman–Crippen LogP) is 4.79. The zero-order valence-electron chi connectivity index (χ0n) is 14.1. The fourth-order valence-electron chi connectivity index (χ4n) is 2.87. The summed E-state index contributed by atoms with van der Waals surface area (Å²) in [6.45, 7) is 6.14. The lowest BCUT2D eigenvalue weighted by Crippen LogP contribution is -2.00. The molecule has 0 aliphatic carbocycles. The van der Waals surface area contributed by atoms with Crippen LogP contribution >= 0.6 is 0 Å². The van der Waals surface area contributed by atoms with Crippen molar-refractivity contribution in [2.75, 3.05) is 5.73 Å². The van der Waals surface area contributed by atoms with Gasteiger partial charge in [0.1, 0.15) is 17.5 Å². The number of nitrogen functional groups attached to an aromatic ring is 1. The predicted molar refractivity (Wildman–Crippen MR) is 98.4 cm³/mol. The van der Waals surface area contributed by atoms with Gasteiger partial charge in [-0.2, -0.15) is 5.26 Å². The number of rotatable bonds is 2. The van der Waals surface area contributed by atoms with Gasteiger partial charge < -0.3 is 5.73 Å². The summed E-state index contributed by atoms with van der Waals surface area (Å²) in [4.78, 5) is 4.48. The largest absolute Gasteiger partial charge is 0.383 e. The highest BCUT2D eigenvalue weighted by Gasteiger charge is 2.14. The van der Waals surface area contributed by atoms with Crippen molar-refractivity contribution in [1.29, 1.82) is 5.26 Å². The summed E-state index contributed by atoms with van der Waals surface area (Å²) >= 11 is 0. The Bertz CT molecular complexity index is 965. The van der Waals surface area contributed by atoms with Gasteiger partial charge in [-0.05, 0) is 44.0 Å². The third-order valence-corrected chi connectivity index (χ3v) is 4.16. The van der Waals surface area contributed by atoms with Crippen molar-refractivity contribution in [2.45, 2.75) is 20.8 Å². The van der Waals surface area contributed by atoms with Crippen LogP contribution in [0.15, 0.2) is 48.5 Å². The number of nitrogens with zero attached hydrogens (tertiary/aromatic N) is 2. The van der Waals surface area contributed by atoms with Crippen LogP contribution < -0.4 is 5.73 Å². The molecule has 0 bridgehead atoms. The number of hydrogen-bond donors (Lipinski definition) is 1. The molecule has 1 heterocycles. The van der Waals surface area contributed by atoms with Gasteiger partial charge in [-0.15, -0.1) is 0 Å². The van der Waals surface area contributed by atoms with E-state index in [1.54, 1.807) is 0 Å². The second-order valence-corrected chi connectivity index (χ2v) is 6.11. The summed E-state index contributed by atoms with van der Waals surface area (Å²) in [5.74, 6) is 0.271. The molecule has 0 saturated heterocycles. The summed E-state index contributed by atoms with van der Waals surface area (Å²) in [5, 5.41) is 9.52. The number of nitrogens with two attached hydrogens (primary N) is 1. The third-order valence-electron chi connectivity index (χ3n) is 4.16. The van der Waals surface area contributed by atoms with E-state index in [0.717, 1.165) is 39.1 Å². The van der Waals surface area contributed by atoms with E-state index in [1.807, 2.05) is 31.2 Å². The molecule has 24 heavy (non-hydrogen) atoms. The van der Waals surface area contributed by atoms with Gasteiger partial charge in [-0.1, -0.05) is 47.5 Å². The fraction of sp³-hybridized carbons (Fsp3) is 0.143. The van der Waals surface area contributed by atoms with Gasteiger partial charge in [0.25, 0.3) is 0 Å². The minimum Gasteiger partial charge on any atom is -0.383 e. The Kier molecular flexibility index (Phi) is 4.05. The SMILES string of the molecule is Cc1cccc(-c2cc(-c3cc(C)ccc3C)nc(N)c2C#N)c1. The number of benzene rings is 2. The Hall–Kier alpha value is -3.12. The number of nitriles is 1. The van der Waals surface area contributed by atoms with Crippen LogP contribution in [0.3, 0.4) is 0 Å². The van der Waals surface area contributed by atoms with Crippen molar-refractivity contribution in [3.05, 3.63) is 70.8 Å². The lowest BCUT2D eigenvalue weighted by molar-refractivity contribution is 1.28. The van der Waals surface area contributed by atoms with E-state index in [1.165, 1.54) is 0 Å². The molecule has 1 aromatic heterocycles. The summed E-state index contributed by atoms with van der Waals surface area (Å²) in [5.41, 5.74) is 13.6. The van der Waals surface area contributed by atoms with Crippen LogP contribution in [-0.2, 0) is 0 Å². The molecule has 2 N–H and O–H groups in total. The van der Waals surface area contributed by atoms with Gasteiger partial charge in [-0.25, -0.2) is 4.98 Å². The Morgan fingerprint density at radius 2 is 1.67 bits per heavy atom. The van der Waals surface area contributed by atoms with Crippen molar-refractivity contribution < 1.29 is 0 Å². The highest BCUT2D eigenvalue weighted by Crippen LogP contribution is 2.32. The molecule has 3 heteroatoms. The maximum absolute atomic E-state index is 9.52. The molecule has 0 aliphatic rings. The molecule has 0 radical (unpaired) electrons. The van der Waals surface area contributed by atoms with Gasteiger partial charge in [0.05, 0.1) is 5.69 Å². The average Bonchev–Trinajstić information content (AvgIpc) is 2.56. The first-order valence-electron chi connectivity index (χ1n) is 7.85. The van der Waals surface area contributed by atoms with Gasteiger partial charge in [-0.3, -0.25) is 0 Å². The fourth-order valence-corrected chi connectivity index (χ4v) is 2.87. The van der Waals surface area contributed by atoms with Crippen LogP contribution in [0.25, 0.3) is 22.4 Å². The molecular formula is C21H19N3. The molecule has 0 aliphatic heterocycles. The normalized spacial score (nSPS) is 10.4. The first kappa shape index (κ1) is 15.8. The average molecular weight is 313 g/mol. The van der Waals surface area contributed by atoms with Gasteiger partial charge in [0, 0.05) is 11.1 Å². The van der Waals surface area contributed by atoms with Crippen LogP contribution in [-0.4, -0.2) is 4.98 Å². The van der Waals surface area contributed by atoms with Crippen molar-refractivity contribution in [2.24, 2.45) is 0 Å². The minimum absolute atomic E-state index is 0.271. The molecule has 118 valence electrons. The van der Waals surface area contributed by atoms with Gasteiger partial charge >= 0.3 is 0 Å². The van der Waals surface area contributed by atoms with E-state index in [-0.39, 0.29) is 5.82 Å². The van der Waals surface area contributed by atoms with E-state index in [0.29, 0.717) is 5.56 Å². The molecule has 0 amide bonds. The topological polar surface area (TPSA) is 62.7 Å². The van der Waals surface area contributed by atoms with E-state index >= 15 is 0 Å². The zero-order chi connectivity index (χ0) is 17.3. The van der Waals surface area contributed by atoms with Crippen LogP contribution in [0.5, 0.6) is 0 Å². The number of aromatic nitrogens is 1. The first-order chi connectivity index (χ1) is 11.5. The van der Waals surface area contributed by atoms with Crippen LogP contribution in [0.1, 0.15) is 22.3 Å². The number of aryl methyl sites for hydroxylation is 3. The van der Waals surface area contributed by atoms with Crippen molar-refractivity contribution in [3.63, 3.8) is 0 Å². The molecule has 3 aromatic rings. The molecule has 2 aromatic carbocycles. The highest BCUT2D eigenvalue weighted by molar-refractivity contribution is 5.81. The van der Waals surface area contributed by atoms with Crippen molar-refractivity contribution in [1.82, 2.24) is 4.98 Å². The molecule has 0 atom stereocenters. The number of hydrogen-bond acceptors (Lipinski definition) is 3. The monoisotopic (exact) mass is 313 g/mol. The smallest absolute Gasteiger partial charge is 0.142 e. The Balaban J connectivity index is 2.28. The summed E-state index contributed by atoms with van der Waals surface area (Å²) in [6, 6.07) is 18.5. The number of anilines is 1. The first-order valence-corrected chi connectivity index (χ1v) is 7.85. The summed E-state index contributed by atoms with van der Waals surface area (Å²) in [6.07, 6.45) is 0. The molecule has 3 nitrogen and oxygen atoms in total. The molecular weight excluding hydrogens is 294 g/mol. The number of pyridine rings is 1. The van der Waals surface area contributed by atoms with E-state index in [9.17, 15) is 5.26 Å². The summed E-state index contributed by atoms with van der Waals surface area (Å²) < 4.78 is 0. The molecule has 0 spiro atoms. The van der Waals surface area contributed by atoms with E-state index < -0.39 is 0 Å². The third kappa shape index (κ3) is 2.87. The van der Waals surface area contributed by atoms with Crippen LogP contribution in [0.2, 0.25) is 0 Å². The molecule has 0 saturated carbocycles. The molecule has 0 fully saturated rings. The lowest BCUT2D eigenvalue weighted by atomic mass is 9.95. The zero-order valence-corrected chi connectivity index (χ0v) is 14.1. The maximum atomic E-state index is 9.52. The van der Waals surface area contributed by atoms with Crippen LogP contribution in [0.4, 0.5) is 5.82 Å². The second kappa shape index (κ2) is 6.17. The van der Waals surface area contributed by atoms with E-state index in [4.69, 9.17) is 5.73 Å². The Morgan fingerprint density at radius 1 is 0.917 bits per heavy atom. The quantitative estimate of drug-likeness (QED) is 0.739. The molecule has 3 rings (SSSR count).